The van der Waals surface area contributed by atoms with E-state index in [0.29, 0.717) is 44.4 Å². The molecule has 1 amide bonds. The summed E-state index contributed by atoms with van der Waals surface area (Å²) < 4.78 is 5.09. The van der Waals surface area contributed by atoms with Crippen molar-refractivity contribution in [3.05, 3.63) is 0 Å². The number of hydrogen-bond acceptors (Lipinski definition) is 5. The summed E-state index contributed by atoms with van der Waals surface area (Å²) in [5.74, 6) is -0.113. The summed E-state index contributed by atoms with van der Waals surface area (Å²) in [7, 11) is 0. The van der Waals surface area contributed by atoms with Gasteiger partial charge in [-0.25, -0.2) is 4.79 Å². The summed E-state index contributed by atoms with van der Waals surface area (Å²) in [5.41, 5.74) is 0. The van der Waals surface area contributed by atoms with Crippen molar-refractivity contribution in [2.75, 3.05) is 39.3 Å². The molecular formula is C16H27N3O4. The smallest absolute Gasteiger partial charge is 0.407 e. The van der Waals surface area contributed by atoms with E-state index in [0.717, 1.165) is 38.8 Å². The molecule has 2 atom stereocenters. The Hall–Kier alpha value is -1.34. The van der Waals surface area contributed by atoms with Gasteiger partial charge < -0.3 is 14.7 Å². The number of nitrogens with zero attached hydrogens (tertiary/aromatic N) is 3. The third-order valence-corrected chi connectivity index (χ3v) is 5.58. The Morgan fingerprint density at radius 2 is 1.65 bits per heavy atom. The van der Waals surface area contributed by atoms with Crippen LogP contribution in [0.5, 0.6) is 0 Å². The number of esters is 1. The van der Waals surface area contributed by atoms with Crippen LogP contribution in [0.15, 0.2) is 0 Å². The highest BCUT2D eigenvalue weighted by Gasteiger charge is 2.43. The lowest BCUT2D eigenvalue weighted by Gasteiger charge is -2.45. The number of ether oxygens (including phenoxy) is 1. The standard InChI is InChI=1S/C16H27N3O4/c1-2-23-15(20)11-19-12-3-4-13(19)10-14(9-12)17-5-7-18(8-6-17)16(21)22/h12-14H,2-11H2,1H3,(H,21,22). The molecule has 0 aliphatic carbocycles. The summed E-state index contributed by atoms with van der Waals surface area (Å²) in [6, 6.07) is 1.48. The second-order valence-electron chi connectivity index (χ2n) is 6.79. The van der Waals surface area contributed by atoms with Crippen molar-refractivity contribution in [3.8, 4) is 0 Å². The molecule has 7 heteroatoms. The minimum absolute atomic E-state index is 0.113. The van der Waals surface area contributed by atoms with Gasteiger partial charge in [-0.15, -0.1) is 0 Å². The Morgan fingerprint density at radius 3 is 2.17 bits per heavy atom. The van der Waals surface area contributed by atoms with Crippen LogP contribution in [0.4, 0.5) is 4.79 Å². The maximum atomic E-state index is 11.8. The zero-order valence-electron chi connectivity index (χ0n) is 13.8. The first kappa shape index (κ1) is 16.5. The van der Waals surface area contributed by atoms with Gasteiger partial charge in [0.1, 0.15) is 0 Å². The SMILES string of the molecule is CCOC(=O)CN1C2CCC1CC(N1CCN(C(=O)O)CC1)C2. The molecule has 3 rings (SSSR count). The van der Waals surface area contributed by atoms with Gasteiger partial charge in [-0.1, -0.05) is 0 Å². The van der Waals surface area contributed by atoms with Crippen molar-refractivity contribution in [2.24, 2.45) is 0 Å². The molecule has 0 radical (unpaired) electrons. The van der Waals surface area contributed by atoms with Crippen molar-refractivity contribution in [3.63, 3.8) is 0 Å². The van der Waals surface area contributed by atoms with Gasteiger partial charge in [0, 0.05) is 44.3 Å². The van der Waals surface area contributed by atoms with Gasteiger partial charge in [-0.2, -0.15) is 0 Å². The molecule has 2 unspecified atom stereocenters. The van der Waals surface area contributed by atoms with E-state index >= 15 is 0 Å². The number of piperidine rings is 1. The number of piperazine rings is 1. The average molecular weight is 325 g/mol. The topological polar surface area (TPSA) is 73.3 Å². The van der Waals surface area contributed by atoms with Gasteiger partial charge in [0.05, 0.1) is 13.2 Å². The molecule has 3 fully saturated rings. The quantitative estimate of drug-likeness (QED) is 0.772. The highest BCUT2D eigenvalue weighted by atomic mass is 16.5. The minimum Gasteiger partial charge on any atom is -0.465 e. The van der Waals surface area contributed by atoms with Gasteiger partial charge in [0.25, 0.3) is 0 Å². The Kier molecular flexibility index (Phi) is 5.06. The molecule has 23 heavy (non-hydrogen) atoms. The Bertz CT molecular complexity index is 437. The maximum Gasteiger partial charge on any atom is 0.407 e. The maximum absolute atomic E-state index is 11.8. The van der Waals surface area contributed by atoms with E-state index in [2.05, 4.69) is 9.80 Å². The van der Waals surface area contributed by atoms with Crippen LogP contribution in [0.2, 0.25) is 0 Å². The van der Waals surface area contributed by atoms with Crippen LogP contribution in [0.1, 0.15) is 32.6 Å². The lowest BCUT2D eigenvalue weighted by atomic mass is 9.95. The third kappa shape index (κ3) is 3.61. The van der Waals surface area contributed by atoms with Gasteiger partial charge in [0.15, 0.2) is 0 Å². The van der Waals surface area contributed by atoms with Crippen molar-refractivity contribution in [2.45, 2.75) is 50.7 Å². The fraction of sp³-hybridized carbons (Fsp3) is 0.875. The molecule has 1 N–H and O–H groups in total. The van der Waals surface area contributed by atoms with E-state index in [1.54, 1.807) is 0 Å². The molecule has 0 aromatic heterocycles. The van der Waals surface area contributed by atoms with Gasteiger partial charge in [0.2, 0.25) is 0 Å². The van der Waals surface area contributed by atoms with Gasteiger partial charge >= 0.3 is 12.1 Å². The van der Waals surface area contributed by atoms with Crippen molar-refractivity contribution in [1.82, 2.24) is 14.7 Å². The van der Waals surface area contributed by atoms with Crippen LogP contribution in [0.25, 0.3) is 0 Å². The molecule has 3 heterocycles. The first-order valence-electron chi connectivity index (χ1n) is 8.71. The van der Waals surface area contributed by atoms with E-state index in [9.17, 15) is 9.59 Å². The average Bonchev–Trinajstić information content (AvgIpc) is 2.77. The highest BCUT2D eigenvalue weighted by molar-refractivity contribution is 5.71. The van der Waals surface area contributed by atoms with Crippen LogP contribution in [0, 0.1) is 0 Å². The van der Waals surface area contributed by atoms with Crippen LogP contribution >= 0.6 is 0 Å². The highest BCUT2D eigenvalue weighted by Crippen LogP contribution is 2.37. The lowest BCUT2D eigenvalue weighted by Crippen LogP contribution is -2.56. The number of fused-ring (bicyclic) bond motifs is 2. The zero-order chi connectivity index (χ0) is 16.4. The summed E-state index contributed by atoms with van der Waals surface area (Å²) in [6.07, 6.45) is 3.69. The largest absolute Gasteiger partial charge is 0.465 e. The second kappa shape index (κ2) is 7.05. The Balaban J connectivity index is 1.53. The molecular weight excluding hydrogens is 298 g/mol. The van der Waals surface area contributed by atoms with E-state index in [4.69, 9.17) is 9.84 Å². The van der Waals surface area contributed by atoms with Crippen LogP contribution in [-0.2, 0) is 9.53 Å². The van der Waals surface area contributed by atoms with Crippen LogP contribution in [0.3, 0.4) is 0 Å². The molecule has 0 saturated carbocycles. The fourth-order valence-electron chi connectivity index (χ4n) is 4.44. The molecule has 3 aliphatic rings. The van der Waals surface area contributed by atoms with E-state index < -0.39 is 6.09 Å². The van der Waals surface area contributed by atoms with Crippen LogP contribution < -0.4 is 0 Å². The Morgan fingerprint density at radius 1 is 1.04 bits per heavy atom. The van der Waals surface area contributed by atoms with Gasteiger partial charge in [-0.05, 0) is 32.6 Å². The molecule has 130 valence electrons. The van der Waals surface area contributed by atoms with Gasteiger partial charge in [-0.3, -0.25) is 14.6 Å². The first-order chi connectivity index (χ1) is 11.1. The molecule has 3 saturated heterocycles. The van der Waals surface area contributed by atoms with Crippen LogP contribution in [-0.4, -0.2) is 89.3 Å². The number of rotatable bonds is 4. The number of carbonyl (C=O) groups is 2. The Labute approximate surface area is 137 Å². The number of hydrogen-bond donors (Lipinski definition) is 1. The molecule has 3 aliphatic heterocycles. The van der Waals surface area contributed by atoms with Crippen molar-refractivity contribution >= 4 is 12.1 Å². The lowest BCUT2D eigenvalue weighted by molar-refractivity contribution is -0.146. The molecule has 0 aromatic rings. The predicted molar refractivity (Wildman–Crippen MR) is 84.3 cm³/mol. The molecule has 2 bridgehead atoms. The monoisotopic (exact) mass is 325 g/mol. The summed E-state index contributed by atoms with van der Waals surface area (Å²) >= 11 is 0. The van der Waals surface area contributed by atoms with Crippen molar-refractivity contribution in [1.29, 1.82) is 0 Å². The number of carbonyl (C=O) groups excluding carboxylic acids is 1. The first-order valence-corrected chi connectivity index (χ1v) is 8.71. The molecule has 7 nitrogen and oxygen atoms in total. The summed E-state index contributed by atoms with van der Waals surface area (Å²) in [5, 5.41) is 9.05. The number of amides is 1. The van der Waals surface area contributed by atoms with E-state index in [-0.39, 0.29) is 5.97 Å². The summed E-state index contributed by atoms with van der Waals surface area (Å²) in [6.45, 7) is 5.57. The van der Waals surface area contributed by atoms with E-state index in [1.165, 1.54) is 4.90 Å². The predicted octanol–water partition coefficient (Wildman–Crippen LogP) is 0.841. The third-order valence-electron chi connectivity index (χ3n) is 5.58. The number of carboxylic acid groups (broad SMARTS) is 1. The second-order valence-corrected chi connectivity index (χ2v) is 6.79. The summed E-state index contributed by atoms with van der Waals surface area (Å²) in [4.78, 5) is 29.1. The zero-order valence-corrected chi connectivity index (χ0v) is 13.8. The molecule has 0 aromatic carbocycles. The minimum atomic E-state index is -0.811. The fourth-order valence-corrected chi connectivity index (χ4v) is 4.44. The van der Waals surface area contributed by atoms with Crippen molar-refractivity contribution < 1.29 is 19.4 Å². The normalized spacial score (nSPS) is 32.0. The molecule has 0 spiro atoms. The van der Waals surface area contributed by atoms with E-state index in [1.807, 2.05) is 6.92 Å².